The zero-order valence-electron chi connectivity index (χ0n) is 11.2. The standard InChI is InChI=1S/C14H16ClN3O2/c1-2-6-17-7-5-11(10-17)9-16-13-8-12(15)3-4-14(13)18(19)20/h3-5,7-8,10,16H,2,6,9H2,1H3. The number of rotatable bonds is 6. The maximum Gasteiger partial charge on any atom is 0.292 e. The van der Waals surface area contributed by atoms with Crippen LogP contribution in [0.1, 0.15) is 18.9 Å². The van der Waals surface area contributed by atoms with E-state index in [1.165, 1.54) is 12.1 Å². The van der Waals surface area contributed by atoms with Gasteiger partial charge < -0.3 is 9.88 Å². The Bertz CT molecular complexity index is 610. The van der Waals surface area contributed by atoms with Gasteiger partial charge in [0.15, 0.2) is 0 Å². The highest BCUT2D eigenvalue weighted by Gasteiger charge is 2.13. The first-order chi connectivity index (χ1) is 9.60. The summed E-state index contributed by atoms with van der Waals surface area (Å²) < 4.78 is 2.10. The molecular formula is C14H16ClN3O2. The predicted octanol–water partition coefficient (Wildman–Crippen LogP) is 4.07. The van der Waals surface area contributed by atoms with Crippen LogP contribution in [0.4, 0.5) is 11.4 Å². The van der Waals surface area contributed by atoms with Crippen molar-refractivity contribution in [2.75, 3.05) is 5.32 Å². The van der Waals surface area contributed by atoms with Gasteiger partial charge in [0.05, 0.1) is 4.92 Å². The summed E-state index contributed by atoms with van der Waals surface area (Å²) in [4.78, 5) is 10.5. The molecule has 0 saturated carbocycles. The van der Waals surface area contributed by atoms with Crippen molar-refractivity contribution < 1.29 is 4.92 Å². The van der Waals surface area contributed by atoms with E-state index < -0.39 is 4.92 Å². The lowest BCUT2D eigenvalue weighted by atomic mass is 10.2. The summed E-state index contributed by atoms with van der Waals surface area (Å²) in [7, 11) is 0. The molecule has 2 rings (SSSR count). The second kappa shape index (κ2) is 6.43. The van der Waals surface area contributed by atoms with E-state index in [1.54, 1.807) is 6.07 Å². The number of aromatic nitrogens is 1. The van der Waals surface area contributed by atoms with Gasteiger partial charge >= 0.3 is 0 Å². The van der Waals surface area contributed by atoms with E-state index in [-0.39, 0.29) is 5.69 Å². The third-order valence-electron chi connectivity index (χ3n) is 2.93. The van der Waals surface area contributed by atoms with Crippen LogP contribution in [0.25, 0.3) is 0 Å². The lowest BCUT2D eigenvalue weighted by molar-refractivity contribution is -0.384. The molecule has 0 fully saturated rings. The molecule has 1 aromatic carbocycles. The Morgan fingerprint density at radius 1 is 1.40 bits per heavy atom. The number of anilines is 1. The predicted molar refractivity (Wildman–Crippen MR) is 80.2 cm³/mol. The van der Waals surface area contributed by atoms with E-state index in [2.05, 4.69) is 16.8 Å². The van der Waals surface area contributed by atoms with Crippen LogP contribution in [0.5, 0.6) is 0 Å². The van der Waals surface area contributed by atoms with Crippen LogP contribution >= 0.6 is 11.6 Å². The molecule has 0 radical (unpaired) electrons. The number of halogens is 1. The minimum Gasteiger partial charge on any atom is -0.375 e. The number of aryl methyl sites for hydroxylation is 1. The molecule has 0 aliphatic carbocycles. The van der Waals surface area contributed by atoms with Crippen LogP contribution in [0.3, 0.4) is 0 Å². The van der Waals surface area contributed by atoms with E-state index in [9.17, 15) is 10.1 Å². The summed E-state index contributed by atoms with van der Waals surface area (Å²) in [6.45, 7) is 3.61. The van der Waals surface area contributed by atoms with Gasteiger partial charge in [0, 0.05) is 36.6 Å². The summed E-state index contributed by atoms with van der Waals surface area (Å²) in [6.07, 6.45) is 5.11. The summed E-state index contributed by atoms with van der Waals surface area (Å²) in [6, 6.07) is 6.50. The van der Waals surface area contributed by atoms with Gasteiger partial charge in [-0.3, -0.25) is 10.1 Å². The molecule has 0 aliphatic rings. The minimum atomic E-state index is -0.416. The highest BCUT2D eigenvalue weighted by atomic mass is 35.5. The van der Waals surface area contributed by atoms with Crippen LogP contribution < -0.4 is 5.32 Å². The number of hydrogen-bond acceptors (Lipinski definition) is 3. The molecule has 0 bridgehead atoms. The van der Waals surface area contributed by atoms with E-state index in [1.807, 2.05) is 18.5 Å². The third kappa shape index (κ3) is 3.51. The maximum absolute atomic E-state index is 11.0. The molecule has 0 atom stereocenters. The molecule has 6 heteroatoms. The fourth-order valence-corrected chi connectivity index (χ4v) is 2.17. The molecule has 1 heterocycles. The molecule has 20 heavy (non-hydrogen) atoms. The third-order valence-corrected chi connectivity index (χ3v) is 3.17. The van der Waals surface area contributed by atoms with Crippen molar-refractivity contribution in [2.24, 2.45) is 0 Å². The molecule has 1 N–H and O–H groups in total. The quantitative estimate of drug-likeness (QED) is 0.645. The van der Waals surface area contributed by atoms with Crippen LogP contribution in [0.15, 0.2) is 36.7 Å². The monoisotopic (exact) mass is 293 g/mol. The van der Waals surface area contributed by atoms with Gasteiger partial charge in [-0.05, 0) is 30.2 Å². The Morgan fingerprint density at radius 2 is 2.20 bits per heavy atom. The van der Waals surface area contributed by atoms with Crippen molar-refractivity contribution in [1.82, 2.24) is 4.57 Å². The second-order valence-electron chi connectivity index (χ2n) is 4.53. The fourth-order valence-electron chi connectivity index (χ4n) is 2.00. The van der Waals surface area contributed by atoms with Crippen LogP contribution in [-0.2, 0) is 13.1 Å². The lowest BCUT2D eigenvalue weighted by Crippen LogP contribution is -2.02. The number of nitrogens with zero attached hydrogens (tertiary/aromatic N) is 2. The van der Waals surface area contributed by atoms with Crippen LogP contribution in [0.2, 0.25) is 5.02 Å². The highest BCUT2D eigenvalue weighted by molar-refractivity contribution is 6.31. The number of benzene rings is 1. The van der Waals surface area contributed by atoms with E-state index in [4.69, 9.17) is 11.6 Å². The molecule has 0 unspecified atom stereocenters. The van der Waals surface area contributed by atoms with Crippen molar-refractivity contribution >= 4 is 23.0 Å². The first-order valence-electron chi connectivity index (χ1n) is 6.42. The van der Waals surface area contributed by atoms with Gasteiger partial charge in [0.1, 0.15) is 5.69 Å². The Hall–Kier alpha value is -2.01. The van der Waals surface area contributed by atoms with E-state index >= 15 is 0 Å². The average molecular weight is 294 g/mol. The SMILES string of the molecule is CCCn1ccc(CNc2cc(Cl)ccc2[N+](=O)[O-])c1. The van der Waals surface area contributed by atoms with Gasteiger partial charge in [0.2, 0.25) is 0 Å². The molecule has 0 saturated heterocycles. The van der Waals surface area contributed by atoms with Crippen LogP contribution in [-0.4, -0.2) is 9.49 Å². The number of nitro groups is 1. The molecule has 0 spiro atoms. The minimum absolute atomic E-state index is 0.0300. The Balaban J connectivity index is 2.09. The number of hydrogen-bond donors (Lipinski definition) is 1. The van der Waals surface area contributed by atoms with E-state index in [0.717, 1.165) is 18.5 Å². The molecule has 0 aliphatic heterocycles. The van der Waals surface area contributed by atoms with Gasteiger partial charge in [-0.1, -0.05) is 18.5 Å². The fraction of sp³-hybridized carbons (Fsp3) is 0.286. The first kappa shape index (κ1) is 14.4. The zero-order valence-corrected chi connectivity index (χ0v) is 11.9. The number of nitrogens with one attached hydrogen (secondary N) is 1. The summed E-state index contributed by atoms with van der Waals surface area (Å²) in [5, 5.41) is 14.5. The largest absolute Gasteiger partial charge is 0.375 e. The van der Waals surface area contributed by atoms with Crippen LogP contribution in [0, 0.1) is 10.1 Å². The Morgan fingerprint density at radius 3 is 2.90 bits per heavy atom. The smallest absolute Gasteiger partial charge is 0.292 e. The lowest BCUT2D eigenvalue weighted by Gasteiger charge is -2.06. The number of nitro benzene ring substituents is 1. The molecule has 0 amide bonds. The summed E-state index contributed by atoms with van der Waals surface area (Å²) >= 11 is 5.88. The average Bonchev–Trinajstić information content (AvgIpc) is 2.84. The van der Waals surface area contributed by atoms with Crippen molar-refractivity contribution in [3.63, 3.8) is 0 Å². The highest BCUT2D eigenvalue weighted by Crippen LogP contribution is 2.28. The van der Waals surface area contributed by atoms with Gasteiger partial charge in [-0.15, -0.1) is 0 Å². The summed E-state index contributed by atoms with van der Waals surface area (Å²) in [5.41, 5.74) is 1.54. The van der Waals surface area contributed by atoms with Crippen molar-refractivity contribution in [1.29, 1.82) is 0 Å². The Labute approximate surface area is 122 Å². The molecule has 5 nitrogen and oxygen atoms in total. The van der Waals surface area contributed by atoms with Gasteiger partial charge in [0.25, 0.3) is 5.69 Å². The maximum atomic E-state index is 11.0. The zero-order chi connectivity index (χ0) is 14.5. The topological polar surface area (TPSA) is 60.1 Å². The normalized spacial score (nSPS) is 10.5. The molecule has 2 aromatic rings. The van der Waals surface area contributed by atoms with Crippen molar-refractivity contribution in [3.8, 4) is 0 Å². The van der Waals surface area contributed by atoms with Crippen molar-refractivity contribution in [2.45, 2.75) is 26.4 Å². The summed E-state index contributed by atoms with van der Waals surface area (Å²) in [5.74, 6) is 0. The molecular weight excluding hydrogens is 278 g/mol. The Kier molecular flexibility index (Phi) is 4.63. The molecule has 106 valence electrons. The van der Waals surface area contributed by atoms with Crippen molar-refractivity contribution in [3.05, 3.63) is 57.4 Å². The second-order valence-corrected chi connectivity index (χ2v) is 4.97. The molecule has 1 aromatic heterocycles. The van der Waals surface area contributed by atoms with Gasteiger partial charge in [-0.2, -0.15) is 0 Å². The first-order valence-corrected chi connectivity index (χ1v) is 6.80. The van der Waals surface area contributed by atoms with E-state index in [0.29, 0.717) is 17.3 Å². The van der Waals surface area contributed by atoms with Gasteiger partial charge in [-0.25, -0.2) is 0 Å².